The number of pyridine rings is 1. The summed E-state index contributed by atoms with van der Waals surface area (Å²) in [7, 11) is 0. The van der Waals surface area contributed by atoms with Crippen LogP contribution in [0.15, 0.2) is 36.5 Å². The Kier molecular flexibility index (Phi) is 7.12. The maximum atomic E-state index is 14.3. The van der Waals surface area contributed by atoms with E-state index in [2.05, 4.69) is 64.5 Å². The lowest BCUT2D eigenvalue weighted by molar-refractivity contribution is -0.246. The van der Waals surface area contributed by atoms with Gasteiger partial charge in [0.05, 0.1) is 11.5 Å². The second-order valence-corrected chi connectivity index (χ2v) is 16.5. The Hall–Kier alpha value is -1.68. The first-order valence-corrected chi connectivity index (χ1v) is 16.8. The molecule has 1 amide bonds. The van der Waals surface area contributed by atoms with Gasteiger partial charge in [-0.05, 0) is 135 Å². The van der Waals surface area contributed by atoms with Crippen LogP contribution in [0.4, 0.5) is 0 Å². The van der Waals surface area contributed by atoms with Crippen molar-refractivity contribution in [2.24, 2.45) is 56.7 Å². The van der Waals surface area contributed by atoms with E-state index in [1.165, 1.54) is 31.3 Å². The molecule has 0 spiro atoms. The molecule has 0 unspecified atom stereocenters. The first kappa shape index (κ1) is 29.4. The Labute approximate surface area is 249 Å². The van der Waals surface area contributed by atoms with Gasteiger partial charge in [0.15, 0.2) is 0 Å². The minimum absolute atomic E-state index is 0.0162. The van der Waals surface area contributed by atoms with Gasteiger partial charge in [-0.3, -0.25) is 9.78 Å². The van der Waals surface area contributed by atoms with E-state index in [9.17, 15) is 9.90 Å². The van der Waals surface area contributed by atoms with Crippen molar-refractivity contribution in [2.75, 3.05) is 6.54 Å². The summed E-state index contributed by atoms with van der Waals surface area (Å²) < 4.78 is 0. The van der Waals surface area contributed by atoms with E-state index < -0.39 is 0 Å². The summed E-state index contributed by atoms with van der Waals surface area (Å²) in [5.41, 5.74) is 2.82. The summed E-state index contributed by atoms with van der Waals surface area (Å²) >= 11 is 0. The molecular formula is C37H56N2O2. The Morgan fingerprint density at radius 2 is 1.73 bits per heavy atom. The van der Waals surface area contributed by atoms with Crippen molar-refractivity contribution in [1.29, 1.82) is 0 Å². The molecule has 0 bridgehead atoms. The zero-order valence-electron chi connectivity index (χ0n) is 26.8. The predicted molar refractivity (Wildman–Crippen MR) is 166 cm³/mol. The zero-order chi connectivity index (χ0) is 29.4. The Bertz CT molecular complexity index is 1180. The van der Waals surface area contributed by atoms with Crippen LogP contribution in [0, 0.1) is 56.7 Å². The molecule has 1 heterocycles. The Morgan fingerprint density at radius 1 is 0.951 bits per heavy atom. The van der Waals surface area contributed by atoms with Crippen LogP contribution in [0.25, 0.3) is 0 Å². The number of aromatic nitrogens is 1. The molecule has 5 fully saturated rings. The minimum Gasteiger partial charge on any atom is -0.393 e. The van der Waals surface area contributed by atoms with E-state index in [0.717, 1.165) is 50.6 Å². The molecule has 4 heteroatoms. The molecule has 6 rings (SSSR count). The molecule has 2 N–H and O–H groups in total. The van der Waals surface area contributed by atoms with Crippen LogP contribution in [0.1, 0.15) is 111 Å². The molecule has 1 aromatic rings. The molecule has 4 nitrogen and oxygen atoms in total. The molecule has 5 aliphatic rings. The van der Waals surface area contributed by atoms with Crippen molar-refractivity contribution in [1.82, 2.24) is 10.3 Å². The number of nitrogens with one attached hydrogen (secondary N) is 1. The van der Waals surface area contributed by atoms with E-state index in [1.54, 1.807) is 0 Å². The van der Waals surface area contributed by atoms with E-state index >= 15 is 0 Å². The predicted octanol–water partition coefficient (Wildman–Crippen LogP) is 7.76. The van der Waals surface area contributed by atoms with Crippen molar-refractivity contribution >= 4 is 5.91 Å². The molecule has 1 aromatic heterocycles. The molecular weight excluding hydrogens is 504 g/mol. The van der Waals surface area contributed by atoms with Crippen molar-refractivity contribution in [3.05, 3.63) is 42.2 Å². The third-order valence-corrected chi connectivity index (χ3v) is 14.9. The standard InChI is InChI=1S/C37H56N2O2/c1-24(2)26-13-19-37(32(41)39-23-16-25-10-8-9-22-38-25)21-20-35(6)27(31(26)37)11-12-29-34(5)17-15-30(40)33(3,4)28(34)14-18-36(29,35)7/h8-10,22,26-31,40H,1,11-21,23H2,2-7H3,(H,39,41)/t26-,27+,28-,29+,30-,31+,34-,35+,36+,37-/m0/s1. The monoisotopic (exact) mass is 560 g/mol. The number of amides is 1. The van der Waals surface area contributed by atoms with Gasteiger partial charge in [-0.25, -0.2) is 0 Å². The Morgan fingerprint density at radius 3 is 2.44 bits per heavy atom. The van der Waals surface area contributed by atoms with Crippen molar-refractivity contribution in [3.63, 3.8) is 0 Å². The van der Waals surface area contributed by atoms with Gasteiger partial charge < -0.3 is 10.4 Å². The van der Waals surface area contributed by atoms with Gasteiger partial charge in [0.1, 0.15) is 0 Å². The first-order valence-electron chi connectivity index (χ1n) is 16.8. The number of hydrogen-bond acceptors (Lipinski definition) is 3. The van der Waals surface area contributed by atoms with Crippen LogP contribution in [-0.2, 0) is 11.2 Å². The molecule has 0 radical (unpaired) electrons. The van der Waals surface area contributed by atoms with Gasteiger partial charge in [-0.1, -0.05) is 52.8 Å². The molecule has 0 aliphatic heterocycles. The maximum absolute atomic E-state index is 14.3. The summed E-state index contributed by atoms with van der Waals surface area (Å²) in [6.07, 6.45) is 13.8. The lowest BCUT2D eigenvalue weighted by Gasteiger charge is -2.72. The summed E-state index contributed by atoms with van der Waals surface area (Å²) in [5.74, 6) is 2.96. The van der Waals surface area contributed by atoms with Crippen LogP contribution >= 0.6 is 0 Å². The van der Waals surface area contributed by atoms with Gasteiger partial charge >= 0.3 is 0 Å². The molecule has 0 aromatic carbocycles. The summed E-state index contributed by atoms with van der Waals surface area (Å²) in [4.78, 5) is 18.7. The average Bonchev–Trinajstić information content (AvgIpc) is 3.33. The highest BCUT2D eigenvalue weighted by atomic mass is 16.3. The summed E-state index contributed by atoms with van der Waals surface area (Å²) in [6, 6.07) is 6.02. The van der Waals surface area contributed by atoms with Gasteiger partial charge in [0.2, 0.25) is 5.91 Å². The minimum atomic E-state index is -0.265. The lowest BCUT2D eigenvalue weighted by atomic mass is 9.32. The number of carbonyl (C=O) groups is 1. The quantitative estimate of drug-likeness (QED) is 0.362. The number of aliphatic hydroxyl groups excluding tert-OH is 1. The van der Waals surface area contributed by atoms with Gasteiger partial charge in [-0.15, -0.1) is 0 Å². The first-order chi connectivity index (χ1) is 19.3. The summed E-state index contributed by atoms with van der Waals surface area (Å²) in [6.45, 7) is 20.0. The van der Waals surface area contributed by atoms with E-state index in [0.29, 0.717) is 42.0 Å². The number of allylic oxidation sites excluding steroid dienone is 1. The van der Waals surface area contributed by atoms with Gasteiger partial charge in [0, 0.05) is 24.9 Å². The zero-order valence-corrected chi connectivity index (χ0v) is 26.8. The van der Waals surface area contributed by atoms with Gasteiger partial charge in [0.25, 0.3) is 0 Å². The Balaban J connectivity index is 1.30. The third kappa shape index (κ3) is 4.08. The van der Waals surface area contributed by atoms with Crippen LogP contribution in [-0.4, -0.2) is 28.6 Å². The maximum Gasteiger partial charge on any atom is 0.226 e. The van der Waals surface area contributed by atoms with E-state index in [-0.39, 0.29) is 33.2 Å². The molecule has 0 saturated heterocycles. The van der Waals surface area contributed by atoms with Crippen molar-refractivity contribution in [3.8, 4) is 0 Å². The van der Waals surface area contributed by atoms with E-state index in [1.807, 2.05) is 18.3 Å². The number of fused-ring (bicyclic) bond motifs is 7. The smallest absolute Gasteiger partial charge is 0.226 e. The topological polar surface area (TPSA) is 62.2 Å². The van der Waals surface area contributed by atoms with Crippen LogP contribution in [0.2, 0.25) is 0 Å². The SMILES string of the molecule is C=C(C)[C@@H]1CC[C@]2(C(=O)NCCc3ccccn3)CC[C@]3(C)[C@H](CC[C@@H]4[C@@]5(C)CC[C@H](O)C(C)(C)[C@@H]5CC[C@]43C)[C@@H]12. The largest absolute Gasteiger partial charge is 0.393 e. The van der Waals surface area contributed by atoms with Gasteiger partial charge in [-0.2, -0.15) is 0 Å². The number of carbonyl (C=O) groups excluding carboxylic acids is 1. The molecule has 5 saturated carbocycles. The number of rotatable bonds is 5. The molecule has 226 valence electrons. The highest BCUT2D eigenvalue weighted by molar-refractivity contribution is 5.84. The van der Waals surface area contributed by atoms with Crippen LogP contribution in [0.3, 0.4) is 0 Å². The van der Waals surface area contributed by atoms with E-state index in [4.69, 9.17) is 0 Å². The fraction of sp³-hybridized carbons (Fsp3) is 0.784. The summed E-state index contributed by atoms with van der Waals surface area (Å²) in [5, 5.41) is 14.5. The number of aliphatic hydroxyl groups is 1. The third-order valence-electron chi connectivity index (χ3n) is 14.9. The van der Waals surface area contributed by atoms with Crippen LogP contribution in [0.5, 0.6) is 0 Å². The van der Waals surface area contributed by atoms with Crippen LogP contribution < -0.4 is 5.32 Å². The fourth-order valence-electron chi connectivity index (χ4n) is 12.5. The second kappa shape index (κ2) is 9.93. The number of nitrogens with zero attached hydrogens (tertiary/aromatic N) is 1. The van der Waals surface area contributed by atoms with Crippen molar-refractivity contribution in [2.45, 2.75) is 118 Å². The highest BCUT2D eigenvalue weighted by Crippen LogP contribution is 2.77. The molecule has 5 aliphatic carbocycles. The average molecular weight is 561 g/mol. The van der Waals surface area contributed by atoms with Crippen molar-refractivity contribution < 1.29 is 9.90 Å². The fourth-order valence-corrected chi connectivity index (χ4v) is 12.5. The highest BCUT2D eigenvalue weighted by Gasteiger charge is 2.71. The normalized spacial score (nSPS) is 46.4. The molecule has 10 atom stereocenters. The molecule has 41 heavy (non-hydrogen) atoms. The lowest BCUT2D eigenvalue weighted by Crippen LogP contribution is -2.67. The number of hydrogen-bond donors (Lipinski definition) is 2. The second-order valence-electron chi connectivity index (χ2n) is 16.5.